The van der Waals surface area contributed by atoms with E-state index in [1.807, 2.05) is 0 Å². The van der Waals surface area contributed by atoms with E-state index in [1.54, 1.807) is 0 Å². The summed E-state index contributed by atoms with van der Waals surface area (Å²) in [5.74, 6) is -2.51. The molecule has 0 atom stereocenters. The average molecular weight is 179 g/mol. The zero-order valence-electron chi connectivity index (χ0n) is 6.65. The van der Waals surface area contributed by atoms with Crippen molar-refractivity contribution in [2.24, 2.45) is 0 Å². The first-order valence-corrected chi connectivity index (χ1v) is 3.45. The molecule has 0 aromatic heterocycles. The molecule has 1 rings (SSSR count). The second kappa shape index (κ2) is 3.26. The summed E-state index contributed by atoms with van der Waals surface area (Å²) in [5, 5.41) is 17.3. The Hall–Kier alpha value is -1.84. The number of benzene rings is 1. The van der Waals surface area contributed by atoms with Gasteiger partial charge in [0, 0.05) is 0 Å². The molecule has 0 spiro atoms. The van der Waals surface area contributed by atoms with Crippen molar-refractivity contribution in [2.45, 2.75) is 0 Å². The van der Waals surface area contributed by atoms with Gasteiger partial charge in [0.15, 0.2) is 0 Å². The molecule has 0 aliphatic carbocycles. The van der Waals surface area contributed by atoms with Crippen molar-refractivity contribution in [1.82, 2.24) is 0 Å². The van der Waals surface area contributed by atoms with Gasteiger partial charge < -0.3 is 10.2 Å². The quantitative estimate of drug-likeness (QED) is 0.716. The van der Waals surface area contributed by atoms with Gasteiger partial charge in [0.2, 0.25) is 0 Å². The molecule has 4 nitrogen and oxygen atoms in total. The summed E-state index contributed by atoms with van der Waals surface area (Å²) < 4.78 is 0. The molecule has 0 saturated heterocycles. The number of hydrogen-bond acceptors (Lipinski definition) is 2. The molecule has 0 aliphatic rings. The summed E-state index contributed by atoms with van der Waals surface area (Å²) >= 11 is 0. The largest absolute Gasteiger partial charge is 0.478 e. The molecule has 0 bridgehead atoms. The van der Waals surface area contributed by atoms with Gasteiger partial charge in [-0.05, 0) is 24.6 Å². The molecule has 0 aliphatic heterocycles. The minimum atomic E-state index is -1.26. The number of carboxylic acid groups (broad SMARTS) is 2. The van der Waals surface area contributed by atoms with Crippen molar-refractivity contribution in [3.63, 3.8) is 0 Å². The third kappa shape index (κ3) is 1.84. The summed E-state index contributed by atoms with van der Waals surface area (Å²) in [6, 6.07) is 3.91. The summed E-state index contributed by atoms with van der Waals surface area (Å²) in [4.78, 5) is 21.1. The lowest BCUT2D eigenvalue weighted by molar-refractivity contribution is 0.0651. The van der Waals surface area contributed by atoms with Crippen molar-refractivity contribution < 1.29 is 19.8 Å². The first-order valence-electron chi connectivity index (χ1n) is 3.45. The van der Waals surface area contributed by atoms with E-state index in [9.17, 15) is 9.59 Å². The molecule has 4 heteroatoms. The predicted octanol–water partition coefficient (Wildman–Crippen LogP) is 1.27. The van der Waals surface area contributed by atoms with E-state index in [1.165, 1.54) is 18.2 Å². The molecule has 13 heavy (non-hydrogen) atoms. The van der Waals surface area contributed by atoms with Crippen LogP contribution in [0.25, 0.3) is 0 Å². The maximum absolute atomic E-state index is 10.6. The molecule has 2 N–H and O–H groups in total. The fourth-order valence-corrected chi connectivity index (χ4v) is 0.955. The summed E-state index contributed by atoms with van der Waals surface area (Å²) in [5.41, 5.74) is 0.0160. The van der Waals surface area contributed by atoms with E-state index in [0.717, 1.165) is 0 Å². The van der Waals surface area contributed by atoms with Gasteiger partial charge in [-0.25, -0.2) is 9.59 Å². The number of hydrogen-bond donors (Lipinski definition) is 2. The van der Waals surface area contributed by atoms with Crippen LogP contribution in [-0.2, 0) is 0 Å². The van der Waals surface area contributed by atoms with E-state index < -0.39 is 11.9 Å². The highest BCUT2D eigenvalue weighted by Gasteiger charge is 2.14. The maximum atomic E-state index is 10.6. The van der Waals surface area contributed by atoms with Gasteiger partial charge >= 0.3 is 11.9 Å². The smallest absolute Gasteiger partial charge is 0.336 e. The van der Waals surface area contributed by atoms with E-state index in [2.05, 4.69) is 6.92 Å². The van der Waals surface area contributed by atoms with Crippen LogP contribution in [0.5, 0.6) is 0 Å². The first kappa shape index (κ1) is 9.25. The lowest BCUT2D eigenvalue weighted by Gasteiger charge is -2.01. The SMILES string of the molecule is [CH2]c1ccc(C(=O)O)c(C(=O)O)c1. The van der Waals surface area contributed by atoms with Crippen LogP contribution in [-0.4, -0.2) is 22.2 Å². The Morgan fingerprint density at radius 3 is 2.08 bits per heavy atom. The van der Waals surface area contributed by atoms with Gasteiger partial charge in [-0.1, -0.05) is 6.07 Å². The van der Waals surface area contributed by atoms with Crippen LogP contribution >= 0.6 is 0 Å². The zero-order chi connectivity index (χ0) is 10.0. The monoisotopic (exact) mass is 179 g/mol. The van der Waals surface area contributed by atoms with Crippen molar-refractivity contribution in [1.29, 1.82) is 0 Å². The molecule has 0 amide bonds. The van der Waals surface area contributed by atoms with Gasteiger partial charge in [-0.3, -0.25) is 0 Å². The Balaban J connectivity index is 3.35. The van der Waals surface area contributed by atoms with Crippen molar-refractivity contribution in [3.05, 3.63) is 41.8 Å². The van der Waals surface area contributed by atoms with E-state index in [4.69, 9.17) is 10.2 Å². The van der Waals surface area contributed by atoms with Crippen LogP contribution in [0.15, 0.2) is 18.2 Å². The predicted molar refractivity (Wildman–Crippen MR) is 44.8 cm³/mol. The molecule has 1 aromatic carbocycles. The van der Waals surface area contributed by atoms with Crippen LogP contribution < -0.4 is 0 Å². The molecular formula is C9H7O4. The van der Waals surface area contributed by atoms with Gasteiger partial charge in [0.1, 0.15) is 0 Å². The highest BCUT2D eigenvalue weighted by Crippen LogP contribution is 2.11. The third-order valence-corrected chi connectivity index (χ3v) is 1.54. The van der Waals surface area contributed by atoms with Gasteiger partial charge in [0.05, 0.1) is 11.1 Å². The Labute approximate surface area is 74.4 Å². The minimum absolute atomic E-state index is 0.222. The lowest BCUT2D eigenvalue weighted by atomic mass is 10.0. The molecular weight excluding hydrogens is 172 g/mol. The highest BCUT2D eigenvalue weighted by atomic mass is 16.4. The zero-order valence-corrected chi connectivity index (χ0v) is 6.65. The number of aromatic carboxylic acids is 2. The van der Waals surface area contributed by atoms with Crippen molar-refractivity contribution in [3.8, 4) is 0 Å². The Morgan fingerprint density at radius 1 is 1.08 bits per heavy atom. The molecule has 0 unspecified atom stereocenters. The molecule has 0 saturated carbocycles. The first-order chi connectivity index (χ1) is 6.02. The van der Waals surface area contributed by atoms with Crippen LogP contribution in [0.3, 0.4) is 0 Å². The van der Waals surface area contributed by atoms with Crippen LogP contribution in [0.1, 0.15) is 26.3 Å². The van der Waals surface area contributed by atoms with E-state index in [-0.39, 0.29) is 11.1 Å². The highest BCUT2D eigenvalue weighted by molar-refractivity contribution is 6.01. The fraction of sp³-hybridized carbons (Fsp3) is 0. The standard InChI is InChI=1S/C9H7O4/c1-5-2-3-6(8(10)11)7(4-5)9(12)13/h2-4H,1H2,(H,10,11)(H,12,13). The van der Waals surface area contributed by atoms with Crippen LogP contribution in [0, 0.1) is 6.92 Å². The Morgan fingerprint density at radius 2 is 1.62 bits per heavy atom. The molecule has 1 aromatic rings. The van der Waals surface area contributed by atoms with Crippen molar-refractivity contribution in [2.75, 3.05) is 0 Å². The fourth-order valence-electron chi connectivity index (χ4n) is 0.955. The van der Waals surface area contributed by atoms with Gasteiger partial charge in [-0.15, -0.1) is 0 Å². The van der Waals surface area contributed by atoms with E-state index in [0.29, 0.717) is 5.56 Å². The summed E-state index contributed by atoms with van der Waals surface area (Å²) in [7, 11) is 0. The second-order valence-corrected chi connectivity index (χ2v) is 2.49. The summed E-state index contributed by atoms with van der Waals surface area (Å²) in [6.45, 7) is 3.51. The number of rotatable bonds is 2. The maximum Gasteiger partial charge on any atom is 0.336 e. The Kier molecular flexibility index (Phi) is 2.32. The van der Waals surface area contributed by atoms with Crippen LogP contribution in [0.4, 0.5) is 0 Å². The van der Waals surface area contributed by atoms with Gasteiger partial charge in [-0.2, -0.15) is 0 Å². The van der Waals surface area contributed by atoms with Crippen LogP contribution in [0.2, 0.25) is 0 Å². The average Bonchev–Trinajstić information content (AvgIpc) is 2.03. The molecule has 1 radical (unpaired) electrons. The molecule has 0 fully saturated rings. The number of carboxylic acids is 2. The van der Waals surface area contributed by atoms with Crippen molar-refractivity contribution >= 4 is 11.9 Å². The summed E-state index contributed by atoms with van der Waals surface area (Å²) in [6.07, 6.45) is 0. The molecule has 0 heterocycles. The molecule has 67 valence electrons. The minimum Gasteiger partial charge on any atom is -0.478 e. The second-order valence-electron chi connectivity index (χ2n) is 2.49. The Bertz CT molecular complexity index is 368. The lowest BCUT2D eigenvalue weighted by Crippen LogP contribution is -2.07. The third-order valence-electron chi connectivity index (χ3n) is 1.54. The van der Waals surface area contributed by atoms with E-state index >= 15 is 0 Å². The normalized spacial score (nSPS) is 9.62. The number of carbonyl (C=O) groups is 2. The van der Waals surface area contributed by atoms with Gasteiger partial charge in [0.25, 0.3) is 0 Å². The topological polar surface area (TPSA) is 74.6 Å².